The van der Waals surface area contributed by atoms with Crippen LogP contribution in [0.15, 0.2) is 29.6 Å². The largest absolute Gasteiger partial charge is 0.573 e. The SMILES string of the molecule is O=Cc1csc(Oc2cccc(OC(F)(F)F)c2)n1. The van der Waals surface area contributed by atoms with Crippen molar-refractivity contribution in [1.82, 2.24) is 4.98 Å². The minimum Gasteiger partial charge on any atom is -0.431 e. The van der Waals surface area contributed by atoms with Crippen molar-refractivity contribution in [2.45, 2.75) is 6.36 Å². The van der Waals surface area contributed by atoms with E-state index in [1.165, 1.54) is 17.5 Å². The summed E-state index contributed by atoms with van der Waals surface area (Å²) in [5, 5.41) is 1.63. The number of hydrogen-bond donors (Lipinski definition) is 0. The molecular weight excluding hydrogens is 283 g/mol. The molecule has 0 saturated heterocycles. The molecule has 0 saturated carbocycles. The lowest BCUT2D eigenvalue weighted by atomic mass is 10.3. The number of carbonyl (C=O) groups excluding carboxylic acids is 1. The molecule has 2 aromatic rings. The predicted molar refractivity (Wildman–Crippen MR) is 60.7 cm³/mol. The average Bonchev–Trinajstić information content (AvgIpc) is 2.75. The van der Waals surface area contributed by atoms with Crippen LogP contribution < -0.4 is 9.47 Å². The molecule has 0 bridgehead atoms. The second-order valence-electron chi connectivity index (χ2n) is 3.28. The Balaban J connectivity index is 2.12. The number of ether oxygens (including phenoxy) is 2. The van der Waals surface area contributed by atoms with E-state index >= 15 is 0 Å². The normalized spacial score (nSPS) is 11.1. The maximum absolute atomic E-state index is 12.0. The molecular formula is C11H6F3NO3S. The molecule has 0 fully saturated rings. The van der Waals surface area contributed by atoms with Crippen molar-refractivity contribution < 1.29 is 27.4 Å². The van der Waals surface area contributed by atoms with Gasteiger partial charge in [-0.1, -0.05) is 17.4 Å². The van der Waals surface area contributed by atoms with E-state index in [-0.39, 0.29) is 16.6 Å². The van der Waals surface area contributed by atoms with E-state index in [1.54, 1.807) is 0 Å². The van der Waals surface area contributed by atoms with Crippen LogP contribution in [0.4, 0.5) is 13.2 Å². The quantitative estimate of drug-likeness (QED) is 0.806. The smallest absolute Gasteiger partial charge is 0.431 e. The van der Waals surface area contributed by atoms with Gasteiger partial charge >= 0.3 is 6.36 Å². The summed E-state index contributed by atoms with van der Waals surface area (Å²) in [7, 11) is 0. The molecule has 100 valence electrons. The van der Waals surface area contributed by atoms with Crippen LogP contribution in [-0.2, 0) is 0 Å². The molecule has 0 aliphatic rings. The van der Waals surface area contributed by atoms with Crippen molar-refractivity contribution in [1.29, 1.82) is 0 Å². The third-order valence-electron chi connectivity index (χ3n) is 1.87. The summed E-state index contributed by atoms with van der Waals surface area (Å²) in [6, 6.07) is 5.03. The number of carbonyl (C=O) groups is 1. The van der Waals surface area contributed by atoms with E-state index in [0.717, 1.165) is 23.5 Å². The Hall–Kier alpha value is -2.09. The number of nitrogens with zero attached hydrogens (tertiary/aromatic N) is 1. The van der Waals surface area contributed by atoms with Gasteiger partial charge < -0.3 is 9.47 Å². The molecule has 2 rings (SSSR count). The maximum Gasteiger partial charge on any atom is 0.573 e. The number of hydrogen-bond acceptors (Lipinski definition) is 5. The molecule has 8 heteroatoms. The highest BCUT2D eigenvalue weighted by Crippen LogP contribution is 2.29. The molecule has 4 nitrogen and oxygen atoms in total. The van der Waals surface area contributed by atoms with Gasteiger partial charge in [-0.15, -0.1) is 13.2 Å². The zero-order valence-electron chi connectivity index (χ0n) is 9.18. The fourth-order valence-corrected chi connectivity index (χ4v) is 1.84. The molecule has 0 amide bonds. The Morgan fingerprint density at radius 2 is 2.00 bits per heavy atom. The number of aromatic nitrogens is 1. The average molecular weight is 289 g/mol. The van der Waals surface area contributed by atoms with Crippen LogP contribution in [0.25, 0.3) is 0 Å². The second-order valence-corrected chi connectivity index (χ2v) is 4.10. The zero-order valence-corrected chi connectivity index (χ0v) is 9.99. The molecule has 19 heavy (non-hydrogen) atoms. The van der Waals surface area contributed by atoms with Gasteiger partial charge in [-0.2, -0.15) is 4.98 Å². The lowest BCUT2D eigenvalue weighted by Crippen LogP contribution is -2.16. The number of alkyl halides is 3. The lowest BCUT2D eigenvalue weighted by Gasteiger charge is -2.09. The third kappa shape index (κ3) is 3.95. The summed E-state index contributed by atoms with van der Waals surface area (Å²) < 4.78 is 45.1. The van der Waals surface area contributed by atoms with Gasteiger partial charge in [0.05, 0.1) is 0 Å². The first kappa shape index (κ1) is 13.3. The van der Waals surface area contributed by atoms with Crippen molar-refractivity contribution >= 4 is 17.6 Å². The number of rotatable bonds is 4. The number of benzene rings is 1. The lowest BCUT2D eigenvalue weighted by molar-refractivity contribution is -0.274. The number of halogens is 3. The highest BCUT2D eigenvalue weighted by molar-refractivity contribution is 7.11. The van der Waals surface area contributed by atoms with Crippen molar-refractivity contribution in [3.8, 4) is 16.7 Å². The van der Waals surface area contributed by atoms with E-state index in [4.69, 9.17) is 4.74 Å². The van der Waals surface area contributed by atoms with Gasteiger partial charge in [0.2, 0.25) is 0 Å². The second kappa shape index (κ2) is 5.27. The van der Waals surface area contributed by atoms with Gasteiger partial charge in [-0.25, -0.2) is 0 Å². The highest BCUT2D eigenvalue weighted by Gasteiger charge is 2.31. The molecule has 0 atom stereocenters. The molecule has 1 heterocycles. The van der Waals surface area contributed by atoms with Gasteiger partial charge in [-0.05, 0) is 12.1 Å². The minimum atomic E-state index is -4.76. The van der Waals surface area contributed by atoms with E-state index in [1.807, 2.05) is 0 Å². The number of aldehydes is 1. The third-order valence-corrected chi connectivity index (χ3v) is 2.60. The monoisotopic (exact) mass is 289 g/mol. The predicted octanol–water partition coefficient (Wildman–Crippen LogP) is 3.65. The summed E-state index contributed by atoms with van der Waals surface area (Å²) in [5.41, 5.74) is 0.197. The molecule has 0 unspecified atom stereocenters. The van der Waals surface area contributed by atoms with Crippen molar-refractivity contribution in [2.24, 2.45) is 0 Å². The molecule has 0 spiro atoms. The van der Waals surface area contributed by atoms with E-state index in [0.29, 0.717) is 6.29 Å². The summed E-state index contributed by atoms with van der Waals surface area (Å²) in [6.45, 7) is 0. The van der Waals surface area contributed by atoms with Crippen molar-refractivity contribution in [2.75, 3.05) is 0 Å². The first-order valence-electron chi connectivity index (χ1n) is 4.90. The number of thiazole rings is 1. The first-order valence-corrected chi connectivity index (χ1v) is 5.78. The molecule has 0 aliphatic carbocycles. The van der Waals surface area contributed by atoms with Crippen LogP contribution in [0, 0.1) is 0 Å². The van der Waals surface area contributed by atoms with Crippen molar-refractivity contribution in [3.63, 3.8) is 0 Å². The summed E-state index contributed by atoms with van der Waals surface area (Å²) >= 11 is 1.06. The Kier molecular flexibility index (Phi) is 3.70. The van der Waals surface area contributed by atoms with Crippen LogP contribution in [0.2, 0.25) is 0 Å². The Morgan fingerprint density at radius 1 is 1.26 bits per heavy atom. The topological polar surface area (TPSA) is 48.4 Å². The van der Waals surface area contributed by atoms with E-state index in [9.17, 15) is 18.0 Å². The Morgan fingerprint density at radius 3 is 2.63 bits per heavy atom. The maximum atomic E-state index is 12.0. The van der Waals surface area contributed by atoms with Crippen LogP contribution >= 0.6 is 11.3 Å². The summed E-state index contributed by atoms with van der Waals surface area (Å²) in [6.07, 6.45) is -4.21. The standard InChI is InChI=1S/C11H6F3NO3S/c12-11(13,14)18-9-3-1-2-8(4-9)17-10-15-7(5-16)6-19-10/h1-6H. The van der Waals surface area contributed by atoms with Gasteiger partial charge in [0.15, 0.2) is 6.29 Å². The van der Waals surface area contributed by atoms with Crippen LogP contribution in [0.5, 0.6) is 16.7 Å². The summed E-state index contributed by atoms with van der Waals surface area (Å²) in [5.74, 6) is -0.259. The van der Waals surface area contributed by atoms with Crippen LogP contribution in [-0.4, -0.2) is 17.6 Å². The van der Waals surface area contributed by atoms with Gasteiger partial charge in [-0.3, -0.25) is 4.79 Å². The molecule has 0 radical (unpaired) electrons. The molecule has 1 aromatic heterocycles. The molecule has 0 aliphatic heterocycles. The van der Waals surface area contributed by atoms with Gasteiger partial charge in [0.1, 0.15) is 17.2 Å². The van der Waals surface area contributed by atoms with Crippen LogP contribution in [0.1, 0.15) is 10.5 Å². The first-order chi connectivity index (χ1) is 8.96. The molecule has 0 N–H and O–H groups in total. The van der Waals surface area contributed by atoms with E-state index < -0.39 is 12.1 Å². The van der Waals surface area contributed by atoms with E-state index in [2.05, 4.69) is 9.72 Å². The fraction of sp³-hybridized carbons (Fsp3) is 0.0909. The highest BCUT2D eigenvalue weighted by atomic mass is 32.1. The van der Waals surface area contributed by atoms with Gasteiger partial charge in [0.25, 0.3) is 5.19 Å². The summed E-state index contributed by atoms with van der Waals surface area (Å²) in [4.78, 5) is 14.2. The Labute approximate surface area is 109 Å². The van der Waals surface area contributed by atoms with Gasteiger partial charge in [0, 0.05) is 11.4 Å². The Bertz CT molecular complexity index is 583. The minimum absolute atomic E-state index is 0.133. The molecule has 1 aromatic carbocycles. The fourth-order valence-electron chi connectivity index (χ4n) is 1.21. The van der Waals surface area contributed by atoms with Crippen molar-refractivity contribution in [3.05, 3.63) is 35.3 Å². The zero-order chi connectivity index (χ0) is 13.9. The van der Waals surface area contributed by atoms with Crippen LogP contribution in [0.3, 0.4) is 0 Å².